The first-order chi connectivity index (χ1) is 8.60. The van der Waals surface area contributed by atoms with E-state index in [4.69, 9.17) is 9.47 Å². The quantitative estimate of drug-likeness (QED) is 0.418. The predicted octanol–water partition coefficient (Wildman–Crippen LogP) is 0.660. The highest BCUT2D eigenvalue weighted by Gasteiger charge is 2.56. The Labute approximate surface area is 106 Å². The van der Waals surface area contributed by atoms with Crippen molar-refractivity contribution in [3.05, 3.63) is 24.3 Å². The van der Waals surface area contributed by atoms with Crippen molar-refractivity contribution in [3.8, 4) is 0 Å². The molecule has 0 saturated carbocycles. The number of hydrogen-bond donors (Lipinski definition) is 0. The van der Waals surface area contributed by atoms with E-state index in [9.17, 15) is 9.59 Å². The summed E-state index contributed by atoms with van der Waals surface area (Å²) in [6, 6.07) is 0.118. The predicted molar refractivity (Wildman–Crippen MR) is 64.7 cm³/mol. The summed E-state index contributed by atoms with van der Waals surface area (Å²) in [4.78, 5) is 24.8. The van der Waals surface area contributed by atoms with Crippen molar-refractivity contribution in [1.82, 2.24) is 4.90 Å². The number of rotatable bonds is 4. The lowest BCUT2D eigenvalue weighted by atomic mass is 9.97. The zero-order chi connectivity index (χ0) is 13.3. The number of carbonyl (C=O) groups excluding carboxylic acids is 2. The molecule has 2 aliphatic rings. The summed E-state index contributed by atoms with van der Waals surface area (Å²) < 4.78 is 10.3. The maximum atomic E-state index is 11.6. The van der Waals surface area contributed by atoms with E-state index >= 15 is 0 Å². The topological polar surface area (TPSA) is 55.6 Å². The second kappa shape index (κ2) is 4.94. The summed E-state index contributed by atoms with van der Waals surface area (Å²) >= 11 is 0. The van der Waals surface area contributed by atoms with Gasteiger partial charge in [0.2, 0.25) is 5.91 Å². The highest BCUT2D eigenvalue weighted by Crippen LogP contribution is 2.41. The van der Waals surface area contributed by atoms with Crippen LogP contribution in [0, 0.1) is 0 Å². The molecule has 5 nitrogen and oxygen atoms in total. The fraction of sp³-hybridized carbons (Fsp3) is 0.538. The van der Waals surface area contributed by atoms with E-state index in [1.54, 1.807) is 17.1 Å². The molecule has 2 rings (SSSR count). The standard InChI is InChI=1S/C13H17NO4/c1-4-5-18-11-7-9(13(16)17-3)6-10-12(11)14(10)8(2)15/h4,7,10-12H,1,5-6H2,2-3H3/t10-,11-,12-,14?/m1/s1. The molecule has 5 heteroatoms. The molecule has 98 valence electrons. The molecule has 1 saturated heterocycles. The van der Waals surface area contributed by atoms with Crippen LogP contribution in [0.4, 0.5) is 0 Å². The number of hydrogen-bond acceptors (Lipinski definition) is 4. The van der Waals surface area contributed by atoms with E-state index in [-0.39, 0.29) is 30.1 Å². The Morgan fingerprint density at radius 2 is 2.33 bits per heavy atom. The minimum absolute atomic E-state index is 0.0109. The number of amides is 1. The van der Waals surface area contributed by atoms with E-state index in [1.165, 1.54) is 14.0 Å². The molecule has 0 aromatic rings. The largest absolute Gasteiger partial charge is 0.466 e. The molecule has 1 heterocycles. The van der Waals surface area contributed by atoms with Gasteiger partial charge in [-0.05, 0) is 6.08 Å². The first-order valence-corrected chi connectivity index (χ1v) is 5.90. The third-order valence-corrected chi connectivity index (χ3v) is 3.33. The summed E-state index contributed by atoms with van der Waals surface area (Å²) in [5.74, 6) is -0.340. The molecule has 0 N–H and O–H groups in total. The molecule has 1 aliphatic carbocycles. The number of nitrogens with zero attached hydrogens (tertiary/aromatic N) is 1. The smallest absolute Gasteiger partial charge is 0.333 e. The van der Waals surface area contributed by atoms with Crippen LogP contribution in [0.3, 0.4) is 0 Å². The normalized spacial score (nSPS) is 29.1. The lowest BCUT2D eigenvalue weighted by Crippen LogP contribution is -2.27. The average Bonchev–Trinajstić information content (AvgIpc) is 3.09. The average molecular weight is 251 g/mol. The molecular formula is C13H17NO4. The Kier molecular flexibility index (Phi) is 3.52. The van der Waals surface area contributed by atoms with Crippen LogP contribution in [0.5, 0.6) is 0 Å². The van der Waals surface area contributed by atoms with Crippen LogP contribution >= 0.6 is 0 Å². The van der Waals surface area contributed by atoms with E-state index in [0.29, 0.717) is 18.6 Å². The van der Waals surface area contributed by atoms with E-state index < -0.39 is 0 Å². The van der Waals surface area contributed by atoms with Crippen LogP contribution in [0.15, 0.2) is 24.3 Å². The van der Waals surface area contributed by atoms with Crippen LogP contribution in [-0.4, -0.2) is 48.7 Å². The fourth-order valence-electron chi connectivity index (χ4n) is 2.54. The van der Waals surface area contributed by atoms with Gasteiger partial charge in [-0.25, -0.2) is 4.79 Å². The molecule has 1 aliphatic heterocycles. The second-order valence-electron chi connectivity index (χ2n) is 4.46. The van der Waals surface area contributed by atoms with Gasteiger partial charge in [0.25, 0.3) is 0 Å². The van der Waals surface area contributed by atoms with E-state index in [0.717, 1.165) is 0 Å². The Morgan fingerprint density at radius 1 is 1.61 bits per heavy atom. The third-order valence-electron chi connectivity index (χ3n) is 3.33. The van der Waals surface area contributed by atoms with Gasteiger partial charge in [0.05, 0.1) is 31.9 Å². The summed E-state index contributed by atoms with van der Waals surface area (Å²) in [7, 11) is 1.35. The minimum atomic E-state index is -0.351. The van der Waals surface area contributed by atoms with Gasteiger partial charge in [-0.2, -0.15) is 0 Å². The maximum absolute atomic E-state index is 11.6. The van der Waals surface area contributed by atoms with Gasteiger partial charge in [0.15, 0.2) is 0 Å². The number of fused-ring (bicyclic) bond motifs is 1. The Bertz CT molecular complexity index is 415. The van der Waals surface area contributed by atoms with Gasteiger partial charge < -0.3 is 14.4 Å². The van der Waals surface area contributed by atoms with Crippen LogP contribution in [0.2, 0.25) is 0 Å². The van der Waals surface area contributed by atoms with Gasteiger partial charge in [-0.15, -0.1) is 6.58 Å². The Morgan fingerprint density at radius 3 is 2.89 bits per heavy atom. The summed E-state index contributed by atoms with van der Waals surface area (Å²) in [5.41, 5.74) is 0.580. The van der Waals surface area contributed by atoms with Crippen molar-refractivity contribution in [2.75, 3.05) is 13.7 Å². The highest BCUT2D eigenvalue weighted by atomic mass is 16.5. The molecule has 18 heavy (non-hydrogen) atoms. The number of ether oxygens (including phenoxy) is 2. The van der Waals surface area contributed by atoms with Gasteiger partial charge in [0, 0.05) is 18.9 Å². The zero-order valence-electron chi connectivity index (χ0n) is 10.6. The SMILES string of the molecule is C=CCO[C@@H]1C=C(C(=O)OC)C[C@@H]2[C@H]1N2C(C)=O. The summed E-state index contributed by atoms with van der Waals surface area (Å²) in [5, 5.41) is 0. The number of esters is 1. The first kappa shape index (κ1) is 12.8. The number of carbonyl (C=O) groups is 2. The van der Waals surface area contributed by atoms with Gasteiger partial charge in [-0.3, -0.25) is 4.79 Å². The molecule has 0 aromatic heterocycles. The molecule has 0 aromatic carbocycles. The van der Waals surface area contributed by atoms with Crippen LogP contribution < -0.4 is 0 Å². The van der Waals surface area contributed by atoms with E-state index in [2.05, 4.69) is 6.58 Å². The lowest BCUT2D eigenvalue weighted by Gasteiger charge is -2.17. The maximum Gasteiger partial charge on any atom is 0.333 e. The minimum Gasteiger partial charge on any atom is -0.466 e. The van der Waals surface area contributed by atoms with Crippen molar-refractivity contribution in [2.24, 2.45) is 0 Å². The summed E-state index contributed by atoms with van der Waals surface area (Å²) in [6.45, 7) is 5.51. The molecule has 3 atom stereocenters. The molecule has 1 amide bonds. The second-order valence-corrected chi connectivity index (χ2v) is 4.46. The monoisotopic (exact) mass is 251 g/mol. The van der Waals surface area contributed by atoms with Gasteiger partial charge >= 0.3 is 5.97 Å². The summed E-state index contributed by atoms with van der Waals surface area (Å²) in [6.07, 6.45) is 3.71. The van der Waals surface area contributed by atoms with Crippen molar-refractivity contribution in [3.63, 3.8) is 0 Å². The third kappa shape index (κ3) is 2.18. The van der Waals surface area contributed by atoms with Crippen LogP contribution in [0.25, 0.3) is 0 Å². The molecule has 0 spiro atoms. The van der Waals surface area contributed by atoms with E-state index in [1.807, 2.05) is 0 Å². The molecule has 0 bridgehead atoms. The van der Waals surface area contributed by atoms with Crippen LogP contribution in [-0.2, 0) is 19.1 Å². The fourth-order valence-corrected chi connectivity index (χ4v) is 2.54. The van der Waals surface area contributed by atoms with Crippen molar-refractivity contribution < 1.29 is 19.1 Å². The van der Waals surface area contributed by atoms with Gasteiger partial charge in [-0.1, -0.05) is 6.08 Å². The molecule has 0 unspecified atom stereocenters. The highest BCUT2D eigenvalue weighted by molar-refractivity contribution is 5.90. The Hall–Kier alpha value is -1.62. The molecule has 0 radical (unpaired) electrons. The Balaban J connectivity index is 2.14. The zero-order valence-corrected chi connectivity index (χ0v) is 10.6. The number of methoxy groups -OCH3 is 1. The first-order valence-electron chi connectivity index (χ1n) is 5.90. The molecular weight excluding hydrogens is 234 g/mol. The van der Waals surface area contributed by atoms with Crippen molar-refractivity contribution >= 4 is 11.9 Å². The lowest BCUT2D eigenvalue weighted by molar-refractivity contribution is -0.136. The van der Waals surface area contributed by atoms with Crippen molar-refractivity contribution in [1.29, 1.82) is 0 Å². The van der Waals surface area contributed by atoms with Gasteiger partial charge in [0.1, 0.15) is 0 Å². The van der Waals surface area contributed by atoms with Crippen LogP contribution in [0.1, 0.15) is 13.3 Å². The van der Waals surface area contributed by atoms with Crippen molar-refractivity contribution in [2.45, 2.75) is 31.5 Å². The molecule has 1 fully saturated rings.